The summed E-state index contributed by atoms with van der Waals surface area (Å²) in [5.74, 6) is 0.0866. The second kappa shape index (κ2) is 4.68. The molecule has 2 aromatic rings. The lowest BCUT2D eigenvalue weighted by Crippen LogP contribution is -2.42. The predicted octanol–water partition coefficient (Wildman–Crippen LogP) is 2.93. The molecule has 112 valence electrons. The minimum Gasteiger partial charge on any atom is -0.357 e. The minimum absolute atomic E-state index is 0.0230. The van der Waals surface area contributed by atoms with Crippen molar-refractivity contribution in [2.75, 3.05) is 7.05 Å². The molecule has 0 spiro atoms. The Morgan fingerprint density at radius 1 is 1.00 bits per heavy atom. The van der Waals surface area contributed by atoms with E-state index < -0.39 is 6.10 Å². The molecule has 2 aliphatic heterocycles. The zero-order chi connectivity index (χ0) is 15.3. The van der Waals surface area contributed by atoms with Crippen LogP contribution in [0.3, 0.4) is 0 Å². The molecule has 3 nitrogen and oxygen atoms in total. The van der Waals surface area contributed by atoms with Gasteiger partial charge in [0, 0.05) is 7.05 Å². The molecule has 0 N–H and O–H groups in total. The summed E-state index contributed by atoms with van der Waals surface area (Å²) in [5, 5.41) is 0. The van der Waals surface area contributed by atoms with E-state index in [2.05, 4.69) is 31.2 Å². The van der Waals surface area contributed by atoms with Gasteiger partial charge in [0.2, 0.25) is 0 Å². The first kappa shape index (κ1) is 13.5. The Labute approximate surface area is 130 Å². The Bertz CT molecular complexity index is 700. The Kier molecular flexibility index (Phi) is 2.88. The molecule has 1 amide bonds. The van der Waals surface area contributed by atoms with Gasteiger partial charge in [0.05, 0.1) is 11.5 Å². The molecule has 4 rings (SSSR count). The first-order valence-electron chi connectivity index (χ1n) is 7.66. The van der Waals surface area contributed by atoms with E-state index in [1.54, 1.807) is 0 Å². The summed E-state index contributed by atoms with van der Waals surface area (Å²) in [4.78, 5) is 14.4. The lowest BCUT2D eigenvalue weighted by molar-refractivity contribution is -0.148. The molecule has 2 aromatic carbocycles. The molecule has 2 fully saturated rings. The Balaban J connectivity index is 1.83. The molecule has 0 radical (unpaired) electrons. The van der Waals surface area contributed by atoms with Gasteiger partial charge in [0.15, 0.2) is 0 Å². The summed E-state index contributed by atoms with van der Waals surface area (Å²) in [5.41, 5.74) is 1.99. The molecular weight excluding hydrogens is 274 g/mol. The fourth-order valence-electron chi connectivity index (χ4n) is 4.10. The Morgan fingerprint density at radius 3 is 2.23 bits per heavy atom. The molecule has 2 aliphatic rings. The normalized spacial score (nSPS) is 33.5. The van der Waals surface area contributed by atoms with Crippen LogP contribution >= 0.6 is 0 Å². The third kappa shape index (κ3) is 1.63. The van der Waals surface area contributed by atoms with Crippen molar-refractivity contribution in [3.63, 3.8) is 0 Å². The van der Waals surface area contributed by atoms with E-state index in [1.165, 1.54) is 5.56 Å². The molecule has 22 heavy (non-hydrogen) atoms. The van der Waals surface area contributed by atoms with E-state index in [0.717, 1.165) is 5.56 Å². The summed E-state index contributed by atoms with van der Waals surface area (Å²) in [6.07, 6.45) is -0.478. The third-order valence-electron chi connectivity index (χ3n) is 5.24. The van der Waals surface area contributed by atoms with Crippen molar-refractivity contribution in [1.82, 2.24) is 4.90 Å². The van der Waals surface area contributed by atoms with Crippen molar-refractivity contribution in [1.29, 1.82) is 0 Å². The van der Waals surface area contributed by atoms with Gasteiger partial charge in [0.25, 0.3) is 5.91 Å². The number of carbonyl (C=O) groups is 1. The number of nitrogens with zero attached hydrogens (tertiary/aromatic N) is 1. The van der Waals surface area contributed by atoms with Gasteiger partial charge >= 0.3 is 0 Å². The summed E-state index contributed by atoms with van der Waals surface area (Å²) < 4.78 is 6.21. The van der Waals surface area contributed by atoms with Gasteiger partial charge in [-0.05, 0) is 11.1 Å². The van der Waals surface area contributed by atoms with Crippen LogP contribution in [0.2, 0.25) is 0 Å². The van der Waals surface area contributed by atoms with Gasteiger partial charge in [-0.3, -0.25) is 4.79 Å². The first-order chi connectivity index (χ1) is 10.6. The average Bonchev–Trinajstić information content (AvgIpc) is 2.98. The highest BCUT2D eigenvalue weighted by atomic mass is 16.5. The van der Waals surface area contributed by atoms with Crippen molar-refractivity contribution in [3.05, 3.63) is 71.8 Å². The van der Waals surface area contributed by atoms with Crippen molar-refractivity contribution >= 4 is 5.91 Å². The monoisotopic (exact) mass is 293 g/mol. The Morgan fingerprint density at radius 2 is 1.59 bits per heavy atom. The number of carbonyl (C=O) groups excluding carboxylic acids is 1. The number of hydrogen-bond acceptors (Lipinski definition) is 2. The van der Waals surface area contributed by atoms with E-state index >= 15 is 0 Å². The van der Waals surface area contributed by atoms with E-state index in [4.69, 9.17) is 4.74 Å². The predicted molar refractivity (Wildman–Crippen MR) is 84.4 cm³/mol. The highest BCUT2D eigenvalue weighted by Crippen LogP contribution is 2.54. The fraction of sp³-hybridized carbons (Fsp3) is 0.316. The lowest BCUT2D eigenvalue weighted by Gasteiger charge is -2.33. The summed E-state index contributed by atoms with van der Waals surface area (Å²) in [6.45, 7) is 2.15. The largest absolute Gasteiger partial charge is 0.357 e. The second-order valence-corrected chi connectivity index (χ2v) is 6.39. The number of likely N-dealkylation sites (tertiary alicyclic amines) is 1. The highest BCUT2D eigenvalue weighted by molar-refractivity contribution is 5.88. The molecule has 0 saturated carbocycles. The van der Waals surface area contributed by atoms with Gasteiger partial charge in [-0.25, -0.2) is 0 Å². The number of amides is 1. The highest BCUT2D eigenvalue weighted by Gasteiger charge is 2.65. The van der Waals surface area contributed by atoms with Crippen LogP contribution in [-0.2, 0) is 14.9 Å². The van der Waals surface area contributed by atoms with Crippen LogP contribution in [0.25, 0.3) is 0 Å². The fourth-order valence-corrected chi connectivity index (χ4v) is 4.10. The summed E-state index contributed by atoms with van der Waals surface area (Å²) >= 11 is 0. The maximum atomic E-state index is 12.5. The van der Waals surface area contributed by atoms with E-state index in [0.29, 0.717) is 0 Å². The summed E-state index contributed by atoms with van der Waals surface area (Å²) in [6, 6.07) is 20.5. The number of fused-ring (bicyclic) bond motifs is 2. The second-order valence-electron chi connectivity index (χ2n) is 6.39. The van der Waals surface area contributed by atoms with Crippen LogP contribution in [0, 0.1) is 0 Å². The van der Waals surface area contributed by atoms with Crippen molar-refractivity contribution in [2.24, 2.45) is 0 Å². The standard InChI is InChI=1S/C19H19NO2/c1-19(14-11-7-4-8-12-14)16-15(13-9-5-3-6-10-13)22-17(19)18(21)20(16)2/h3-12,15-17H,1-2H3/t15-,16?,17?,19-/m0/s1. The molecule has 2 bridgehead atoms. The zero-order valence-electron chi connectivity index (χ0n) is 12.8. The maximum Gasteiger partial charge on any atom is 0.252 e. The van der Waals surface area contributed by atoms with Crippen molar-refractivity contribution < 1.29 is 9.53 Å². The van der Waals surface area contributed by atoms with Crippen LogP contribution in [0.1, 0.15) is 24.2 Å². The lowest BCUT2D eigenvalue weighted by atomic mass is 9.74. The average molecular weight is 293 g/mol. The topological polar surface area (TPSA) is 29.5 Å². The van der Waals surface area contributed by atoms with Gasteiger partial charge in [-0.1, -0.05) is 67.6 Å². The van der Waals surface area contributed by atoms with Crippen LogP contribution in [0.15, 0.2) is 60.7 Å². The van der Waals surface area contributed by atoms with Gasteiger partial charge in [0.1, 0.15) is 12.2 Å². The maximum absolute atomic E-state index is 12.5. The van der Waals surface area contributed by atoms with Gasteiger partial charge in [-0.2, -0.15) is 0 Å². The van der Waals surface area contributed by atoms with Crippen molar-refractivity contribution in [3.8, 4) is 0 Å². The Hall–Kier alpha value is -2.13. The number of benzene rings is 2. The molecule has 3 heteroatoms. The van der Waals surface area contributed by atoms with Crippen LogP contribution in [0.4, 0.5) is 0 Å². The van der Waals surface area contributed by atoms with E-state index in [1.807, 2.05) is 48.3 Å². The molecule has 2 heterocycles. The van der Waals surface area contributed by atoms with Crippen LogP contribution in [-0.4, -0.2) is 30.0 Å². The van der Waals surface area contributed by atoms with E-state index in [-0.39, 0.29) is 23.5 Å². The molecule has 0 aliphatic carbocycles. The SMILES string of the molecule is CN1C(=O)C2O[C@@H](c3ccccc3)C1[C@]2(C)c1ccccc1. The molecule has 4 atom stereocenters. The van der Waals surface area contributed by atoms with Gasteiger partial charge in [-0.15, -0.1) is 0 Å². The first-order valence-corrected chi connectivity index (χ1v) is 7.66. The number of likely N-dealkylation sites (N-methyl/N-ethyl adjacent to an activating group) is 1. The minimum atomic E-state index is -0.407. The molecule has 0 aromatic heterocycles. The molecule has 2 unspecified atom stereocenters. The van der Waals surface area contributed by atoms with Crippen LogP contribution < -0.4 is 0 Å². The molecule has 2 saturated heterocycles. The quantitative estimate of drug-likeness (QED) is 0.852. The summed E-state index contributed by atoms with van der Waals surface area (Å²) in [7, 11) is 1.90. The van der Waals surface area contributed by atoms with Crippen molar-refractivity contribution in [2.45, 2.75) is 30.6 Å². The van der Waals surface area contributed by atoms with Crippen LogP contribution in [0.5, 0.6) is 0 Å². The number of ether oxygens (including phenoxy) is 1. The smallest absolute Gasteiger partial charge is 0.252 e. The number of rotatable bonds is 2. The third-order valence-corrected chi connectivity index (χ3v) is 5.24. The number of hydrogen-bond donors (Lipinski definition) is 0. The van der Waals surface area contributed by atoms with Gasteiger partial charge < -0.3 is 9.64 Å². The number of morpholine rings is 1. The van der Waals surface area contributed by atoms with E-state index in [9.17, 15) is 4.79 Å². The zero-order valence-corrected chi connectivity index (χ0v) is 12.8. The molecular formula is C19H19NO2.